The number of nitrogens with zero attached hydrogens (tertiary/aromatic N) is 2. The van der Waals surface area contributed by atoms with Crippen LogP contribution in [0.15, 0.2) is 18.2 Å². The van der Waals surface area contributed by atoms with Gasteiger partial charge in [0.1, 0.15) is 6.04 Å². The van der Waals surface area contributed by atoms with Gasteiger partial charge in [-0.3, -0.25) is 34.3 Å². The molecule has 1 aromatic rings. The van der Waals surface area contributed by atoms with Crippen LogP contribution in [0.3, 0.4) is 0 Å². The zero-order chi connectivity index (χ0) is 20.9. The third-order valence-electron chi connectivity index (χ3n) is 5.76. The molecule has 29 heavy (non-hydrogen) atoms. The molecule has 3 N–H and O–H groups in total. The molecule has 0 radical (unpaired) electrons. The van der Waals surface area contributed by atoms with E-state index in [0.29, 0.717) is 5.56 Å². The second-order valence-electron chi connectivity index (χ2n) is 7.64. The highest BCUT2D eigenvalue weighted by atomic mass is 19.3. The molecule has 3 aliphatic rings. The van der Waals surface area contributed by atoms with E-state index in [1.165, 1.54) is 6.07 Å². The van der Waals surface area contributed by atoms with E-state index in [0.717, 1.165) is 4.90 Å². The Morgan fingerprint density at radius 2 is 1.90 bits per heavy atom. The van der Waals surface area contributed by atoms with Crippen LogP contribution in [0.4, 0.5) is 8.78 Å². The Hall–Kier alpha value is -2.72. The van der Waals surface area contributed by atoms with E-state index in [4.69, 9.17) is 5.73 Å². The van der Waals surface area contributed by atoms with E-state index in [9.17, 15) is 28.0 Å². The van der Waals surface area contributed by atoms with Gasteiger partial charge in [-0.1, -0.05) is 12.1 Å². The Morgan fingerprint density at radius 3 is 2.55 bits per heavy atom. The van der Waals surface area contributed by atoms with Gasteiger partial charge >= 0.3 is 0 Å². The SMILES string of the molecule is N[C@@H]1CN(Cc2cccc3c2C(=O)N(C2CCC(=O)NC2=O)C3=O)C[C@H]1C(F)F. The molecule has 1 unspecified atom stereocenters. The highest BCUT2D eigenvalue weighted by molar-refractivity contribution is 6.24. The molecule has 2 saturated heterocycles. The zero-order valence-electron chi connectivity index (χ0n) is 15.4. The Morgan fingerprint density at radius 1 is 1.14 bits per heavy atom. The van der Waals surface area contributed by atoms with E-state index in [1.54, 1.807) is 17.0 Å². The van der Waals surface area contributed by atoms with Crippen LogP contribution in [0.5, 0.6) is 0 Å². The number of likely N-dealkylation sites (tertiary alicyclic amines) is 1. The summed E-state index contributed by atoms with van der Waals surface area (Å²) in [6.45, 7) is 0.557. The number of benzene rings is 1. The number of piperidine rings is 1. The molecular weight excluding hydrogens is 386 g/mol. The van der Waals surface area contributed by atoms with Crippen molar-refractivity contribution in [2.24, 2.45) is 11.7 Å². The molecule has 3 aliphatic heterocycles. The number of imide groups is 2. The van der Waals surface area contributed by atoms with Crippen LogP contribution < -0.4 is 11.1 Å². The lowest BCUT2D eigenvalue weighted by atomic mass is 10.0. The van der Waals surface area contributed by atoms with Crippen molar-refractivity contribution in [3.63, 3.8) is 0 Å². The van der Waals surface area contributed by atoms with Gasteiger partial charge in [-0.2, -0.15) is 0 Å². The van der Waals surface area contributed by atoms with E-state index in [-0.39, 0.29) is 43.6 Å². The fourth-order valence-electron chi connectivity index (χ4n) is 4.29. The summed E-state index contributed by atoms with van der Waals surface area (Å²) in [5.41, 5.74) is 6.68. The molecule has 3 atom stereocenters. The van der Waals surface area contributed by atoms with E-state index in [1.807, 2.05) is 0 Å². The monoisotopic (exact) mass is 406 g/mol. The van der Waals surface area contributed by atoms with Crippen LogP contribution >= 0.6 is 0 Å². The number of hydrogen-bond donors (Lipinski definition) is 2. The van der Waals surface area contributed by atoms with Crippen molar-refractivity contribution in [1.82, 2.24) is 15.1 Å². The number of carbonyl (C=O) groups is 4. The van der Waals surface area contributed by atoms with Crippen LogP contribution in [0.25, 0.3) is 0 Å². The predicted octanol–water partition coefficient (Wildman–Crippen LogP) is 0.112. The van der Waals surface area contributed by atoms with Gasteiger partial charge in [0.05, 0.1) is 11.1 Å². The molecule has 0 spiro atoms. The Labute approximate surface area is 165 Å². The number of alkyl halides is 2. The molecule has 2 fully saturated rings. The molecule has 154 valence electrons. The van der Waals surface area contributed by atoms with Crippen LogP contribution in [-0.2, 0) is 16.1 Å². The van der Waals surface area contributed by atoms with Gasteiger partial charge in [-0.25, -0.2) is 8.78 Å². The molecular formula is C19H20F2N4O4. The van der Waals surface area contributed by atoms with Gasteiger partial charge in [-0.05, 0) is 18.1 Å². The average molecular weight is 406 g/mol. The number of carbonyl (C=O) groups excluding carboxylic acids is 4. The molecule has 0 aliphatic carbocycles. The minimum absolute atomic E-state index is 0.0390. The first-order chi connectivity index (χ1) is 13.8. The number of nitrogens with two attached hydrogens (primary N) is 1. The van der Waals surface area contributed by atoms with Crippen LogP contribution in [-0.4, -0.2) is 65.0 Å². The van der Waals surface area contributed by atoms with Crippen molar-refractivity contribution >= 4 is 23.6 Å². The second kappa shape index (κ2) is 7.27. The number of hydrogen-bond acceptors (Lipinski definition) is 6. The van der Waals surface area contributed by atoms with Crippen molar-refractivity contribution in [3.8, 4) is 0 Å². The maximum Gasteiger partial charge on any atom is 0.262 e. The smallest absolute Gasteiger partial charge is 0.262 e. The van der Waals surface area contributed by atoms with Crippen LogP contribution in [0, 0.1) is 5.92 Å². The lowest BCUT2D eigenvalue weighted by Gasteiger charge is -2.28. The molecule has 1 aromatic carbocycles. The molecule has 4 amide bonds. The number of halogens is 2. The van der Waals surface area contributed by atoms with E-state index >= 15 is 0 Å². The lowest BCUT2D eigenvalue weighted by Crippen LogP contribution is -2.54. The summed E-state index contributed by atoms with van der Waals surface area (Å²) in [5, 5.41) is 2.15. The minimum Gasteiger partial charge on any atom is -0.326 e. The highest BCUT2D eigenvalue weighted by Crippen LogP contribution is 2.31. The Balaban J connectivity index is 1.59. The molecule has 10 heteroatoms. The van der Waals surface area contributed by atoms with Gasteiger partial charge in [-0.15, -0.1) is 0 Å². The fraction of sp³-hybridized carbons (Fsp3) is 0.474. The average Bonchev–Trinajstić information content (AvgIpc) is 3.14. The maximum absolute atomic E-state index is 13.1. The fourth-order valence-corrected chi connectivity index (χ4v) is 4.29. The van der Waals surface area contributed by atoms with Crippen molar-refractivity contribution in [2.75, 3.05) is 13.1 Å². The lowest BCUT2D eigenvalue weighted by molar-refractivity contribution is -0.136. The van der Waals surface area contributed by atoms with Crippen molar-refractivity contribution in [3.05, 3.63) is 34.9 Å². The first-order valence-electron chi connectivity index (χ1n) is 9.37. The zero-order valence-corrected chi connectivity index (χ0v) is 15.4. The number of nitrogens with one attached hydrogen (secondary N) is 1. The predicted molar refractivity (Wildman–Crippen MR) is 95.9 cm³/mol. The molecule has 0 bridgehead atoms. The van der Waals surface area contributed by atoms with Gasteiger partial charge in [0, 0.05) is 38.0 Å². The number of amides is 4. The molecule has 0 aromatic heterocycles. The van der Waals surface area contributed by atoms with Crippen molar-refractivity contribution in [2.45, 2.75) is 37.9 Å². The first kappa shape index (κ1) is 19.6. The van der Waals surface area contributed by atoms with Crippen LogP contribution in [0.2, 0.25) is 0 Å². The molecule has 0 saturated carbocycles. The standard InChI is InChI=1S/C19H20F2N4O4/c20-16(21)11-7-24(8-12(11)22)6-9-2-1-3-10-15(9)19(29)25(18(10)28)13-4-5-14(26)23-17(13)27/h1-3,11-13,16H,4-8,22H2,(H,23,26,27)/t11-,12-,13?/m1/s1. The number of rotatable bonds is 4. The van der Waals surface area contributed by atoms with E-state index < -0.39 is 48.1 Å². The maximum atomic E-state index is 13.1. The molecule has 8 nitrogen and oxygen atoms in total. The molecule has 4 rings (SSSR count). The quantitative estimate of drug-likeness (QED) is 0.687. The normalized spacial score (nSPS) is 27.7. The number of fused-ring (bicyclic) bond motifs is 1. The minimum atomic E-state index is -2.53. The Bertz CT molecular complexity index is 906. The molecule has 3 heterocycles. The Kier molecular flexibility index (Phi) is 4.91. The second-order valence-corrected chi connectivity index (χ2v) is 7.64. The third kappa shape index (κ3) is 3.32. The summed E-state index contributed by atoms with van der Waals surface area (Å²) < 4.78 is 26.2. The summed E-state index contributed by atoms with van der Waals surface area (Å²) in [5.74, 6) is -3.26. The highest BCUT2D eigenvalue weighted by Gasteiger charge is 2.46. The summed E-state index contributed by atoms with van der Waals surface area (Å²) in [6, 6.07) is 3.08. The topological polar surface area (TPSA) is 113 Å². The first-order valence-corrected chi connectivity index (χ1v) is 9.37. The van der Waals surface area contributed by atoms with E-state index in [2.05, 4.69) is 5.32 Å². The summed E-state index contributed by atoms with van der Waals surface area (Å²) >= 11 is 0. The summed E-state index contributed by atoms with van der Waals surface area (Å²) in [7, 11) is 0. The van der Waals surface area contributed by atoms with Crippen molar-refractivity contribution in [1.29, 1.82) is 0 Å². The van der Waals surface area contributed by atoms with Crippen LogP contribution in [0.1, 0.15) is 39.1 Å². The summed E-state index contributed by atoms with van der Waals surface area (Å²) in [4.78, 5) is 52.0. The van der Waals surface area contributed by atoms with Crippen molar-refractivity contribution < 1.29 is 28.0 Å². The van der Waals surface area contributed by atoms with Gasteiger partial charge < -0.3 is 5.73 Å². The third-order valence-corrected chi connectivity index (χ3v) is 5.76. The largest absolute Gasteiger partial charge is 0.326 e. The van der Waals surface area contributed by atoms with Gasteiger partial charge in [0.25, 0.3) is 11.8 Å². The van der Waals surface area contributed by atoms with Gasteiger partial charge in [0.15, 0.2) is 0 Å². The summed E-state index contributed by atoms with van der Waals surface area (Å²) in [6.07, 6.45) is -2.41. The van der Waals surface area contributed by atoms with Gasteiger partial charge in [0.2, 0.25) is 18.2 Å².